The summed E-state index contributed by atoms with van der Waals surface area (Å²) in [5.74, 6) is -0.538. The fraction of sp³-hybridized carbons (Fsp3) is 0.280. The average Bonchev–Trinajstić information content (AvgIpc) is 3.22. The van der Waals surface area contributed by atoms with Gasteiger partial charge in [0.1, 0.15) is 10.6 Å². The minimum atomic E-state index is -0.419. The van der Waals surface area contributed by atoms with E-state index in [2.05, 4.69) is 28.4 Å². The van der Waals surface area contributed by atoms with E-state index in [1.54, 1.807) is 6.92 Å². The number of hydrogen-bond donors (Lipinski definition) is 1. The van der Waals surface area contributed by atoms with Crippen molar-refractivity contribution in [3.63, 3.8) is 0 Å². The topological polar surface area (TPSA) is 58.6 Å². The van der Waals surface area contributed by atoms with Crippen LogP contribution in [0.15, 0.2) is 60.0 Å². The normalized spacial score (nSPS) is 14.5. The number of benzene rings is 2. The Morgan fingerprint density at radius 2 is 1.81 bits per heavy atom. The van der Waals surface area contributed by atoms with Crippen molar-refractivity contribution >= 4 is 28.2 Å². The van der Waals surface area contributed by atoms with Gasteiger partial charge in [0.05, 0.1) is 12.6 Å². The molecule has 2 heterocycles. The molecule has 5 nitrogen and oxygen atoms in total. The quantitative estimate of drug-likeness (QED) is 0.556. The molecule has 0 fully saturated rings. The summed E-state index contributed by atoms with van der Waals surface area (Å²) >= 11 is 1.35. The number of hydrogen-bond acceptors (Lipinski definition) is 5. The molecule has 1 atom stereocenters. The minimum Gasteiger partial charge on any atom is -0.462 e. The lowest BCUT2D eigenvalue weighted by molar-refractivity contribution is -0.121. The largest absolute Gasteiger partial charge is 0.462 e. The summed E-state index contributed by atoms with van der Waals surface area (Å²) in [7, 11) is 0. The van der Waals surface area contributed by atoms with Crippen LogP contribution in [0, 0.1) is 0 Å². The zero-order valence-corrected chi connectivity index (χ0v) is 18.6. The molecule has 1 aliphatic rings. The molecule has 160 valence electrons. The molecule has 0 bridgehead atoms. The Bertz CT molecular complexity index is 1080. The zero-order valence-electron chi connectivity index (χ0n) is 17.8. The number of amides is 1. The molecule has 1 aromatic heterocycles. The second-order valence-electron chi connectivity index (χ2n) is 7.59. The lowest BCUT2D eigenvalue weighted by atomic mass is 9.98. The highest BCUT2D eigenvalue weighted by Gasteiger charge is 2.28. The van der Waals surface area contributed by atoms with Gasteiger partial charge in [-0.3, -0.25) is 9.69 Å². The van der Waals surface area contributed by atoms with Crippen LogP contribution in [0.5, 0.6) is 0 Å². The van der Waals surface area contributed by atoms with Gasteiger partial charge < -0.3 is 10.1 Å². The Morgan fingerprint density at radius 3 is 2.55 bits per heavy atom. The maximum absolute atomic E-state index is 13.1. The Labute approximate surface area is 186 Å². The number of anilines is 1. The first-order valence-corrected chi connectivity index (χ1v) is 11.4. The van der Waals surface area contributed by atoms with Crippen LogP contribution >= 0.6 is 11.3 Å². The number of esters is 1. The molecule has 31 heavy (non-hydrogen) atoms. The maximum Gasteiger partial charge on any atom is 0.341 e. The van der Waals surface area contributed by atoms with E-state index in [-0.39, 0.29) is 18.6 Å². The van der Waals surface area contributed by atoms with E-state index >= 15 is 0 Å². The first-order valence-electron chi connectivity index (χ1n) is 10.5. The van der Waals surface area contributed by atoms with Crippen molar-refractivity contribution in [2.45, 2.75) is 32.9 Å². The highest BCUT2D eigenvalue weighted by Crippen LogP contribution is 2.36. The van der Waals surface area contributed by atoms with Crippen molar-refractivity contribution in [1.29, 1.82) is 0 Å². The second-order valence-corrected chi connectivity index (χ2v) is 8.47. The van der Waals surface area contributed by atoms with E-state index in [9.17, 15) is 9.59 Å². The van der Waals surface area contributed by atoms with Gasteiger partial charge in [-0.05, 0) is 37.0 Å². The molecule has 1 N–H and O–H groups in total. The molecule has 0 aliphatic carbocycles. The molecule has 1 aliphatic heterocycles. The lowest BCUT2D eigenvalue weighted by Crippen LogP contribution is -2.44. The molecule has 1 amide bonds. The Hall–Kier alpha value is -2.96. The maximum atomic E-state index is 13.1. The van der Waals surface area contributed by atoms with Crippen molar-refractivity contribution in [2.75, 3.05) is 18.5 Å². The number of carbonyl (C=O) groups excluding carboxylic acids is 2. The summed E-state index contributed by atoms with van der Waals surface area (Å²) in [6, 6.07) is 17.7. The second kappa shape index (κ2) is 9.45. The third-order valence-corrected chi connectivity index (χ3v) is 6.57. The molecular formula is C25H26N2O3S. The lowest BCUT2D eigenvalue weighted by Gasteiger charge is -2.32. The smallest absolute Gasteiger partial charge is 0.341 e. The fourth-order valence-corrected chi connectivity index (χ4v) is 4.88. The first-order chi connectivity index (χ1) is 15.1. The van der Waals surface area contributed by atoms with Gasteiger partial charge in [0.2, 0.25) is 5.91 Å². The average molecular weight is 435 g/mol. The summed E-state index contributed by atoms with van der Waals surface area (Å²) in [5, 5.41) is 5.43. The molecule has 2 aromatic carbocycles. The molecule has 6 heteroatoms. The highest BCUT2D eigenvalue weighted by atomic mass is 32.1. The van der Waals surface area contributed by atoms with Gasteiger partial charge in [0, 0.05) is 24.0 Å². The number of nitrogens with one attached hydrogen (secondary N) is 1. The summed E-state index contributed by atoms with van der Waals surface area (Å²) < 4.78 is 5.29. The van der Waals surface area contributed by atoms with E-state index < -0.39 is 5.97 Å². The van der Waals surface area contributed by atoms with Crippen molar-refractivity contribution in [1.82, 2.24) is 4.90 Å². The Kier molecular flexibility index (Phi) is 6.49. The number of thiophene rings is 1. The SMILES string of the molecule is CCOC(=O)c1c(-c2ccccc2)csc1NC(=O)[C@H](C)N1CCc2ccccc2C1. The molecule has 0 radical (unpaired) electrons. The number of carbonyl (C=O) groups is 2. The van der Waals surface area contributed by atoms with Crippen LogP contribution in [0.25, 0.3) is 11.1 Å². The molecule has 0 saturated carbocycles. The summed E-state index contributed by atoms with van der Waals surface area (Å²) in [4.78, 5) is 28.0. The molecule has 0 unspecified atom stereocenters. The summed E-state index contributed by atoms with van der Waals surface area (Å²) in [6.45, 7) is 5.55. The highest BCUT2D eigenvalue weighted by molar-refractivity contribution is 7.15. The van der Waals surface area contributed by atoms with Gasteiger partial charge >= 0.3 is 5.97 Å². The van der Waals surface area contributed by atoms with Gasteiger partial charge in [-0.1, -0.05) is 54.6 Å². The van der Waals surface area contributed by atoms with Crippen LogP contribution in [0.1, 0.15) is 35.3 Å². The van der Waals surface area contributed by atoms with Gasteiger partial charge in [-0.15, -0.1) is 11.3 Å². The third-order valence-electron chi connectivity index (χ3n) is 5.68. The predicted octanol–water partition coefficient (Wildman–Crippen LogP) is 4.98. The number of fused-ring (bicyclic) bond motifs is 1. The van der Waals surface area contributed by atoms with E-state index in [1.807, 2.05) is 48.7 Å². The van der Waals surface area contributed by atoms with Crippen LogP contribution < -0.4 is 5.32 Å². The van der Waals surface area contributed by atoms with Crippen molar-refractivity contribution in [3.05, 3.63) is 76.7 Å². The third kappa shape index (κ3) is 4.55. The molecular weight excluding hydrogens is 408 g/mol. The monoisotopic (exact) mass is 434 g/mol. The zero-order chi connectivity index (χ0) is 21.8. The summed E-state index contributed by atoms with van der Waals surface area (Å²) in [5.41, 5.74) is 4.73. The van der Waals surface area contributed by atoms with Gasteiger partial charge in [0.25, 0.3) is 0 Å². The Balaban J connectivity index is 1.55. The Morgan fingerprint density at radius 1 is 1.10 bits per heavy atom. The van der Waals surface area contributed by atoms with Crippen LogP contribution in [-0.2, 0) is 22.5 Å². The van der Waals surface area contributed by atoms with Gasteiger partial charge in [-0.25, -0.2) is 4.79 Å². The van der Waals surface area contributed by atoms with Crippen molar-refractivity contribution in [3.8, 4) is 11.1 Å². The van der Waals surface area contributed by atoms with Crippen LogP contribution in [0.2, 0.25) is 0 Å². The van der Waals surface area contributed by atoms with Crippen LogP contribution in [-0.4, -0.2) is 36.0 Å². The molecule has 0 spiro atoms. The van der Waals surface area contributed by atoms with Crippen LogP contribution in [0.4, 0.5) is 5.00 Å². The number of nitrogens with zero attached hydrogens (tertiary/aromatic N) is 1. The van der Waals surface area contributed by atoms with E-state index in [0.717, 1.165) is 30.6 Å². The summed E-state index contributed by atoms with van der Waals surface area (Å²) in [6.07, 6.45) is 0.930. The predicted molar refractivity (Wildman–Crippen MR) is 124 cm³/mol. The first kappa shape index (κ1) is 21.3. The van der Waals surface area contributed by atoms with Gasteiger partial charge in [0.15, 0.2) is 0 Å². The van der Waals surface area contributed by atoms with Crippen molar-refractivity contribution in [2.24, 2.45) is 0 Å². The minimum absolute atomic E-state index is 0.119. The molecule has 0 saturated heterocycles. The van der Waals surface area contributed by atoms with Crippen molar-refractivity contribution < 1.29 is 14.3 Å². The van der Waals surface area contributed by atoms with E-state index in [1.165, 1.54) is 22.5 Å². The standard InChI is InChI=1S/C25H26N2O3S/c1-3-30-25(29)22-21(19-10-5-4-6-11-19)16-31-24(22)26-23(28)17(2)27-14-13-18-9-7-8-12-20(18)15-27/h4-12,16-17H,3,13-15H2,1-2H3,(H,26,28)/t17-/m0/s1. The number of rotatable bonds is 6. The van der Waals surface area contributed by atoms with Gasteiger partial charge in [-0.2, -0.15) is 0 Å². The molecule has 3 aromatic rings. The fourth-order valence-electron chi connectivity index (χ4n) is 3.92. The molecule has 4 rings (SSSR count). The van der Waals surface area contributed by atoms with E-state index in [4.69, 9.17) is 4.74 Å². The van der Waals surface area contributed by atoms with Crippen LogP contribution in [0.3, 0.4) is 0 Å². The van der Waals surface area contributed by atoms with E-state index in [0.29, 0.717) is 10.6 Å². The number of ether oxygens (including phenoxy) is 1.